The zero-order valence-electron chi connectivity index (χ0n) is 19.1. The molecule has 3 aromatic rings. The van der Waals surface area contributed by atoms with E-state index in [0.717, 1.165) is 18.2 Å². The Labute approximate surface area is 224 Å². The molecule has 2 N–H and O–H groups in total. The second kappa shape index (κ2) is 10.4. The molecule has 2 atom stereocenters. The molecule has 2 unspecified atom stereocenters. The van der Waals surface area contributed by atoms with Gasteiger partial charge in [0.1, 0.15) is 10.2 Å². The first-order valence-electron chi connectivity index (χ1n) is 10.9. The molecule has 0 radical (unpaired) electrons. The Balaban J connectivity index is 1.50. The molecule has 1 aliphatic carbocycles. The van der Waals surface area contributed by atoms with E-state index in [-0.39, 0.29) is 23.0 Å². The molecule has 3 aromatic carbocycles. The normalized spacial score (nSPS) is 17.7. The van der Waals surface area contributed by atoms with Crippen molar-refractivity contribution in [2.45, 2.75) is 23.6 Å². The molecule has 5 nitrogen and oxygen atoms in total. The summed E-state index contributed by atoms with van der Waals surface area (Å²) in [6.07, 6.45) is -0.253. The average Bonchev–Trinajstić information content (AvgIpc) is 3.40. The lowest BCUT2D eigenvalue weighted by Crippen LogP contribution is -2.18. The molecular formula is C26H18Cl3F3N2O3. The van der Waals surface area contributed by atoms with E-state index in [4.69, 9.17) is 34.8 Å². The highest BCUT2D eigenvalue weighted by Gasteiger charge is 2.67. The Bertz CT molecular complexity index is 1410. The van der Waals surface area contributed by atoms with E-state index >= 15 is 0 Å². The topological polar surface area (TPSA) is 75.3 Å². The molecular weight excluding hydrogens is 552 g/mol. The maximum atomic E-state index is 14.5. The molecule has 2 amide bonds. The number of carbonyl (C=O) groups excluding carboxylic acids is 3. The van der Waals surface area contributed by atoms with Gasteiger partial charge in [0, 0.05) is 36.7 Å². The molecule has 0 aliphatic heterocycles. The van der Waals surface area contributed by atoms with Gasteiger partial charge in [0.15, 0.2) is 17.4 Å². The third-order valence-corrected chi connectivity index (χ3v) is 7.10. The molecule has 0 bridgehead atoms. The summed E-state index contributed by atoms with van der Waals surface area (Å²) in [6.45, 7) is 1.35. The van der Waals surface area contributed by atoms with Gasteiger partial charge in [-0.3, -0.25) is 14.4 Å². The van der Waals surface area contributed by atoms with E-state index in [1.807, 2.05) is 0 Å². The van der Waals surface area contributed by atoms with E-state index < -0.39 is 50.9 Å². The number of ketones is 1. The summed E-state index contributed by atoms with van der Waals surface area (Å²) < 4.78 is 40.8. The highest BCUT2D eigenvalue weighted by atomic mass is 35.5. The van der Waals surface area contributed by atoms with Gasteiger partial charge in [-0.1, -0.05) is 29.8 Å². The fourth-order valence-corrected chi connectivity index (χ4v) is 5.06. The van der Waals surface area contributed by atoms with Crippen molar-refractivity contribution in [3.05, 3.63) is 93.8 Å². The van der Waals surface area contributed by atoms with Crippen LogP contribution in [0.25, 0.3) is 0 Å². The number of hydrogen-bond acceptors (Lipinski definition) is 3. The number of nitrogens with one attached hydrogen (secondary N) is 2. The predicted molar refractivity (Wildman–Crippen MR) is 136 cm³/mol. The third-order valence-electron chi connectivity index (χ3n) is 5.87. The van der Waals surface area contributed by atoms with Crippen LogP contribution in [-0.4, -0.2) is 21.9 Å². The van der Waals surface area contributed by atoms with Crippen LogP contribution in [0.15, 0.2) is 54.6 Å². The van der Waals surface area contributed by atoms with Gasteiger partial charge in [-0.2, -0.15) is 0 Å². The summed E-state index contributed by atoms with van der Waals surface area (Å²) >= 11 is 18.4. The Kier molecular flexibility index (Phi) is 7.55. The van der Waals surface area contributed by atoms with Crippen molar-refractivity contribution < 1.29 is 27.6 Å². The van der Waals surface area contributed by atoms with Crippen molar-refractivity contribution in [2.75, 3.05) is 10.6 Å². The Hall–Kier alpha value is -3.07. The minimum Gasteiger partial charge on any atom is -0.326 e. The Morgan fingerprint density at radius 3 is 2.19 bits per heavy atom. The zero-order valence-corrected chi connectivity index (χ0v) is 21.3. The smallest absolute Gasteiger partial charge is 0.231 e. The number of hydrogen-bond donors (Lipinski definition) is 2. The van der Waals surface area contributed by atoms with E-state index in [2.05, 4.69) is 10.6 Å². The fraction of sp³-hybridized carbons (Fsp3) is 0.192. The van der Waals surface area contributed by atoms with Crippen LogP contribution in [0.4, 0.5) is 24.5 Å². The van der Waals surface area contributed by atoms with Crippen molar-refractivity contribution in [1.29, 1.82) is 0 Å². The van der Waals surface area contributed by atoms with Gasteiger partial charge in [-0.05, 0) is 41.5 Å². The molecule has 1 fully saturated rings. The standard InChI is InChI=1S/C26H18Cl3F3N2O3/c1-12(35)33-15-5-2-13(3-6-15)8-21(36)17-10-16(11-20(31)24(17)32)34-25(37)23-22(26(23,28)29)14-4-7-19(30)18(27)9-14/h2-7,9-11,22-23H,8H2,1H3,(H,33,35)(H,34,37). The van der Waals surface area contributed by atoms with Gasteiger partial charge in [-0.25, -0.2) is 13.2 Å². The Morgan fingerprint density at radius 1 is 0.892 bits per heavy atom. The highest BCUT2D eigenvalue weighted by molar-refractivity contribution is 6.53. The molecule has 0 spiro atoms. The lowest BCUT2D eigenvalue weighted by molar-refractivity contribution is -0.117. The van der Waals surface area contributed by atoms with Gasteiger partial charge in [0.25, 0.3) is 0 Å². The first-order chi connectivity index (χ1) is 17.4. The van der Waals surface area contributed by atoms with Crippen molar-refractivity contribution in [2.24, 2.45) is 5.92 Å². The number of halogens is 6. The predicted octanol–water partition coefficient (Wildman–Crippen LogP) is 6.67. The fourth-order valence-electron chi connectivity index (χ4n) is 4.05. The number of anilines is 2. The monoisotopic (exact) mass is 568 g/mol. The van der Waals surface area contributed by atoms with E-state index in [1.54, 1.807) is 24.3 Å². The van der Waals surface area contributed by atoms with Gasteiger partial charge in [-0.15, -0.1) is 23.2 Å². The lowest BCUT2D eigenvalue weighted by Gasteiger charge is -2.10. The third kappa shape index (κ3) is 5.76. The van der Waals surface area contributed by atoms with Gasteiger partial charge in [0.2, 0.25) is 11.8 Å². The van der Waals surface area contributed by atoms with Crippen LogP contribution in [0.2, 0.25) is 5.02 Å². The van der Waals surface area contributed by atoms with E-state index in [1.165, 1.54) is 19.1 Å². The number of benzene rings is 3. The van der Waals surface area contributed by atoms with E-state index in [9.17, 15) is 27.6 Å². The van der Waals surface area contributed by atoms with Crippen LogP contribution in [-0.2, 0) is 16.0 Å². The van der Waals surface area contributed by atoms with Crippen molar-refractivity contribution in [3.8, 4) is 0 Å². The van der Waals surface area contributed by atoms with Gasteiger partial charge >= 0.3 is 0 Å². The van der Waals surface area contributed by atoms with Crippen molar-refractivity contribution in [3.63, 3.8) is 0 Å². The van der Waals surface area contributed by atoms with Crippen LogP contribution in [0.1, 0.15) is 34.3 Å². The minimum atomic E-state index is -1.54. The van der Waals surface area contributed by atoms with Crippen LogP contribution in [0.5, 0.6) is 0 Å². The van der Waals surface area contributed by atoms with Crippen LogP contribution < -0.4 is 10.6 Å². The molecule has 0 heterocycles. The number of rotatable bonds is 7. The molecule has 37 heavy (non-hydrogen) atoms. The van der Waals surface area contributed by atoms with Crippen LogP contribution >= 0.6 is 34.8 Å². The van der Waals surface area contributed by atoms with Crippen LogP contribution in [0.3, 0.4) is 0 Å². The second-order valence-electron chi connectivity index (χ2n) is 8.59. The average molecular weight is 570 g/mol. The summed E-state index contributed by atoms with van der Waals surface area (Å²) in [5.41, 5.74) is 0.729. The summed E-state index contributed by atoms with van der Waals surface area (Å²) in [5, 5.41) is 4.84. The van der Waals surface area contributed by atoms with Crippen LogP contribution in [0, 0.1) is 23.4 Å². The molecule has 192 valence electrons. The second-order valence-corrected chi connectivity index (χ2v) is 10.4. The SMILES string of the molecule is CC(=O)Nc1ccc(CC(=O)c2cc(NC(=O)C3C(c4ccc(F)c(Cl)c4)C3(Cl)Cl)cc(F)c2F)cc1. The molecule has 0 saturated heterocycles. The van der Waals surface area contributed by atoms with Crippen molar-refractivity contribution >= 4 is 63.8 Å². The number of alkyl halides is 2. The largest absolute Gasteiger partial charge is 0.326 e. The summed E-state index contributed by atoms with van der Waals surface area (Å²) in [4.78, 5) is 36.8. The quantitative estimate of drug-likeness (QED) is 0.247. The number of carbonyl (C=O) groups is 3. The van der Waals surface area contributed by atoms with Crippen molar-refractivity contribution in [1.82, 2.24) is 0 Å². The molecule has 4 rings (SSSR count). The first kappa shape index (κ1) is 27.0. The maximum Gasteiger partial charge on any atom is 0.231 e. The van der Waals surface area contributed by atoms with Gasteiger partial charge in [0.05, 0.1) is 16.5 Å². The summed E-state index contributed by atoms with van der Waals surface area (Å²) in [7, 11) is 0. The molecule has 1 aliphatic rings. The minimum absolute atomic E-state index is 0.166. The Morgan fingerprint density at radius 2 is 1.57 bits per heavy atom. The summed E-state index contributed by atoms with van der Waals surface area (Å²) in [6, 6.07) is 11.9. The highest BCUT2D eigenvalue weighted by Crippen LogP contribution is 2.65. The number of amides is 2. The van der Waals surface area contributed by atoms with Gasteiger partial charge < -0.3 is 10.6 Å². The van der Waals surface area contributed by atoms with E-state index in [0.29, 0.717) is 16.8 Å². The number of Topliss-reactive ketones (excluding diaryl/α,β-unsaturated/α-hetero) is 1. The molecule has 11 heteroatoms. The zero-order chi connectivity index (χ0) is 27.1. The lowest BCUT2D eigenvalue weighted by atomic mass is 10.0. The summed E-state index contributed by atoms with van der Waals surface area (Å²) in [5.74, 6) is -6.74. The first-order valence-corrected chi connectivity index (χ1v) is 12.0. The maximum absolute atomic E-state index is 14.5. The molecule has 1 saturated carbocycles. The molecule has 0 aromatic heterocycles.